The summed E-state index contributed by atoms with van der Waals surface area (Å²) in [4.78, 5) is 19.0. The summed E-state index contributed by atoms with van der Waals surface area (Å²) >= 11 is 1.42. The molecule has 0 aliphatic carbocycles. The summed E-state index contributed by atoms with van der Waals surface area (Å²) in [5.41, 5.74) is 3.19. The largest absolute Gasteiger partial charge is 0.269 e. The molecule has 3 nitrogen and oxygen atoms in total. The number of aromatic nitrogens is 1. The number of hydrogen-bond donors (Lipinski definition) is 0. The fraction of sp³-hybridized carbons (Fsp3) is 0.100. The van der Waals surface area contributed by atoms with E-state index in [1.807, 2.05) is 49.6 Å². The summed E-state index contributed by atoms with van der Waals surface area (Å²) < 4.78 is 13.1. The minimum atomic E-state index is -0.299. The van der Waals surface area contributed by atoms with Crippen LogP contribution in [0.5, 0.6) is 0 Å². The molecule has 1 aromatic heterocycles. The third-order valence-electron chi connectivity index (χ3n) is 3.67. The van der Waals surface area contributed by atoms with Crippen molar-refractivity contribution in [3.8, 4) is 0 Å². The lowest BCUT2D eigenvalue weighted by Crippen LogP contribution is -2.24. The number of carbonyl (C=O) groups is 1. The average molecular weight is 352 g/mol. The van der Waals surface area contributed by atoms with E-state index in [0.29, 0.717) is 5.13 Å². The number of hydrogen-bond acceptors (Lipinski definition) is 3. The van der Waals surface area contributed by atoms with E-state index in [9.17, 15) is 9.18 Å². The fourth-order valence-electron chi connectivity index (χ4n) is 2.40. The molecule has 0 spiro atoms. The maximum absolute atomic E-state index is 13.1. The predicted octanol–water partition coefficient (Wildman–Crippen LogP) is 5.36. The first-order chi connectivity index (χ1) is 12.0. The van der Waals surface area contributed by atoms with Crippen molar-refractivity contribution in [1.82, 2.24) is 4.98 Å². The predicted molar refractivity (Wildman–Crippen MR) is 100 cm³/mol. The number of allylic oxidation sites excluding steroid dienone is 1. The Hall–Kier alpha value is -2.79. The van der Waals surface area contributed by atoms with Gasteiger partial charge in [0.2, 0.25) is 0 Å². The number of carbonyl (C=O) groups excluding carboxylic acids is 1. The number of benzene rings is 2. The Morgan fingerprint density at radius 2 is 1.80 bits per heavy atom. The van der Waals surface area contributed by atoms with Crippen LogP contribution >= 0.6 is 11.3 Å². The van der Waals surface area contributed by atoms with Gasteiger partial charge in [0, 0.05) is 11.5 Å². The molecule has 25 heavy (non-hydrogen) atoms. The van der Waals surface area contributed by atoms with E-state index in [4.69, 9.17) is 0 Å². The van der Waals surface area contributed by atoms with Crippen LogP contribution in [-0.2, 0) is 4.79 Å². The topological polar surface area (TPSA) is 33.2 Å². The van der Waals surface area contributed by atoms with Gasteiger partial charge in [-0.1, -0.05) is 30.3 Å². The van der Waals surface area contributed by atoms with Gasteiger partial charge >= 0.3 is 0 Å². The number of thiazole rings is 1. The molecule has 1 heterocycles. The van der Waals surface area contributed by atoms with Gasteiger partial charge in [-0.3, -0.25) is 9.69 Å². The zero-order valence-electron chi connectivity index (χ0n) is 13.9. The number of halogens is 1. The highest BCUT2D eigenvalue weighted by Crippen LogP contribution is 2.29. The number of aryl methyl sites for hydroxylation is 1. The number of nitrogens with zero attached hydrogens (tertiary/aromatic N) is 2. The van der Waals surface area contributed by atoms with Crippen LogP contribution in [0.2, 0.25) is 0 Å². The van der Waals surface area contributed by atoms with Gasteiger partial charge in [-0.05, 0) is 49.2 Å². The van der Waals surface area contributed by atoms with Crippen molar-refractivity contribution in [1.29, 1.82) is 0 Å². The van der Waals surface area contributed by atoms with Crippen molar-refractivity contribution < 1.29 is 9.18 Å². The molecule has 0 saturated heterocycles. The molecule has 0 bridgehead atoms. The van der Waals surface area contributed by atoms with Crippen molar-refractivity contribution in [2.24, 2.45) is 0 Å². The second kappa shape index (κ2) is 7.40. The Bertz CT molecular complexity index is 901. The summed E-state index contributed by atoms with van der Waals surface area (Å²) in [5.74, 6) is -0.491. The van der Waals surface area contributed by atoms with Gasteiger partial charge in [-0.15, -0.1) is 11.3 Å². The van der Waals surface area contributed by atoms with Crippen LogP contribution in [0.15, 0.2) is 66.1 Å². The van der Waals surface area contributed by atoms with E-state index in [2.05, 4.69) is 4.98 Å². The van der Waals surface area contributed by atoms with E-state index in [1.165, 1.54) is 23.5 Å². The normalized spacial score (nSPS) is 11.4. The zero-order chi connectivity index (χ0) is 17.8. The van der Waals surface area contributed by atoms with Crippen molar-refractivity contribution in [3.63, 3.8) is 0 Å². The summed E-state index contributed by atoms with van der Waals surface area (Å²) in [5, 5.41) is 2.53. The van der Waals surface area contributed by atoms with Crippen LogP contribution in [-0.4, -0.2) is 10.9 Å². The molecule has 0 aliphatic heterocycles. The standard InChI is InChI=1S/C20H17FN2OS/c1-14(16-8-10-17(21)11-9-16)12-19(24)23(18-6-4-3-5-7-18)20-22-15(2)13-25-20/h3-13H,1-2H3/b14-12+. The minimum Gasteiger partial charge on any atom is -0.269 e. The zero-order valence-corrected chi connectivity index (χ0v) is 14.8. The van der Waals surface area contributed by atoms with Crippen LogP contribution in [0, 0.1) is 12.7 Å². The van der Waals surface area contributed by atoms with Gasteiger partial charge in [-0.2, -0.15) is 0 Å². The van der Waals surface area contributed by atoms with E-state index >= 15 is 0 Å². The molecule has 126 valence electrons. The van der Waals surface area contributed by atoms with Crippen LogP contribution in [0.4, 0.5) is 15.2 Å². The van der Waals surface area contributed by atoms with Crippen LogP contribution in [0.3, 0.4) is 0 Å². The van der Waals surface area contributed by atoms with E-state index in [1.54, 1.807) is 23.1 Å². The molecule has 0 radical (unpaired) electrons. The molecule has 0 aliphatic rings. The Morgan fingerprint density at radius 1 is 1.12 bits per heavy atom. The number of rotatable bonds is 4. The van der Waals surface area contributed by atoms with Gasteiger partial charge in [0.25, 0.3) is 5.91 Å². The Kier molecular flexibility index (Phi) is 5.05. The molecular weight excluding hydrogens is 335 g/mol. The van der Waals surface area contributed by atoms with Crippen molar-refractivity contribution in [2.45, 2.75) is 13.8 Å². The molecule has 0 unspecified atom stereocenters. The lowest BCUT2D eigenvalue weighted by Gasteiger charge is -2.18. The molecule has 2 aromatic carbocycles. The second-order valence-electron chi connectivity index (χ2n) is 5.61. The lowest BCUT2D eigenvalue weighted by molar-refractivity contribution is -0.113. The molecule has 3 rings (SSSR count). The molecule has 5 heteroatoms. The summed E-state index contributed by atoms with van der Waals surface area (Å²) in [7, 11) is 0. The first kappa shape index (κ1) is 17.0. The van der Waals surface area contributed by atoms with E-state index in [-0.39, 0.29) is 11.7 Å². The molecule has 3 aromatic rings. The van der Waals surface area contributed by atoms with Crippen LogP contribution in [0.1, 0.15) is 18.2 Å². The monoisotopic (exact) mass is 352 g/mol. The second-order valence-corrected chi connectivity index (χ2v) is 6.45. The number of anilines is 2. The molecule has 0 saturated carbocycles. The highest BCUT2D eigenvalue weighted by atomic mass is 32.1. The first-order valence-electron chi connectivity index (χ1n) is 7.80. The maximum atomic E-state index is 13.1. The fourth-order valence-corrected chi connectivity index (χ4v) is 3.23. The van der Waals surface area contributed by atoms with Gasteiger partial charge in [0.05, 0.1) is 11.4 Å². The molecular formula is C20H17FN2OS. The highest BCUT2D eigenvalue weighted by Gasteiger charge is 2.19. The van der Waals surface area contributed by atoms with Crippen LogP contribution < -0.4 is 4.90 Å². The van der Waals surface area contributed by atoms with Gasteiger partial charge in [-0.25, -0.2) is 9.37 Å². The Morgan fingerprint density at radius 3 is 2.40 bits per heavy atom. The summed E-state index contributed by atoms with van der Waals surface area (Å²) in [6.07, 6.45) is 1.55. The average Bonchev–Trinajstić information content (AvgIpc) is 3.02. The van der Waals surface area contributed by atoms with Crippen molar-refractivity contribution in [2.75, 3.05) is 4.90 Å². The SMILES string of the molecule is C/C(=C\C(=O)N(c1ccccc1)c1nc(C)cs1)c1ccc(F)cc1. The molecule has 0 atom stereocenters. The molecule has 0 N–H and O–H groups in total. The van der Waals surface area contributed by atoms with E-state index < -0.39 is 0 Å². The number of para-hydroxylation sites is 1. The van der Waals surface area contributed by atoms with Gasteiger partial charge in [0.15, 0.2) is 5.13 Å². The quantitative estimate of drug-likeness (QED) is 0.592. The van der Waals surface area contributed by atoms with Gasteiger partial charge in [0.1, 0.15) is 5.82 Å². The summed E-state index contributed by atoms with van der Waals surface area (Å²) in [6.45, 7) is 3.73. The Balaban J connectivity index is 1.97. The number of amides is 1. The lowest BCUT2D eigenvalue weighted by atomic mass is 10.1. The van der Waals surface area contributed by atoms with Gasteiger partial charge < -0.3 is 0 Å². The third kappa shape index (κ3) is 4.00. The van der Waals surface area contributed by atoms with Crippen LogP contribution in [0.25, 0.3) is 5.57 Å². The van der Waals surface area contributed by atoms with Crippen molar-refractivity contribution in [3.05, 3.63) is 83.1 Å². The molecule has 0 fully saturated rings. The Labute approximate surface area is 150 Å². The van der Waals surface area contributed by atoms with Crippen molar-refractivity contribution >= 4 is 33.6 Å². The smallest absolute Gasteiger partial charge is 0.257 e. The minimum absolute atomic E-state index is 0.192. The maximum Gasteiger partial charge on any atom is 0.257 e. The van der Waals surface area contributed by atoms with E-state index in [0.717, 1.165) is 22.5 Å². The first-order valence-corrected chi connectivity index (χ1v) is 8.68. The highest BCUT2D eigenvalue weighted by molar-refractivity contribution is 7.14. The molecule has 1 amide bonds. The summed E-state index contributed by atoms with van der Waals surface area (Å²) in [6, 6.07) is 15.5. The third-order valence-corrected chi connectivity index (χ3v) is 4.62.